The second-order valence-corrected chi connectivity index (χ2v) is 4.98. The molecule has 0 radical (unpaired) electrons. The van der Waals surface area contributed by atoms with Crippen LogP contribution in [0.15, 0.2) is 42.5 Å². The van der Waals surface area contributed by atoms with Crippen molar-refractivity contribution >= 4 is 34.6 Å². The van der Waals surface area contributed by atoms with Crippen molar-refractivity contribution in [1.29, 1.82) is 0 Å². The van der Waals surface area contributed by atoms with Crippen molar-refractivity contribution in [2.75, 3.05) is 10.6 Å². The second kappa shape index (κ2) is 5.06. The number of nitro benzene ring substituents is 1. The molecular weight excluding hydrogens is 294 g/mol. The Morgan fingerprint density at radius 1 is 1.24 bits per heavy atom. The van der Waals surface area contributed by atoms with Crippen LogP contribution in [0.2, 0.25) is 5.02 Å². The van der Waals surface area contributed by atoms with Crippen molar-refractivity contribution in [2.45, 2.75) is 6.04 Å². The standard InChI is InChI=1S/C14H10ClN3O3/c15-10-6-5-8(18(20)21)7-12(10)16-13-9-3-1-2-4-11(9)17-14(13)19/h1-7,13,16H,(H,17,19). The van der Waals surface area contributed by atoms with Gasteiger partial charge >= 0.3 is 0 Å². The van der Waals surface area contributed by atoms with E-state index in [9.17, 15) is 14.9 Å². The molecule has 1 unspecified atom stereocenters. The Balaban J connectivity index is 1.96. The number of hydrogen-bond donors (Lipinski definition) is 2. The zero-order valence-electron chi connectivity index (χ0n) is 10.7. The predicted octanol–water partition coefficient (Wildman–Crippen LogP) is 3.35. The minimum Gasteiger partial charge on any atom is -0.369 e. The molecule has 2 N–H and O–H groups in total. The fraction of sp³-hybridized carbons (Fsp3) is 0.0714. The average Bonchev–Trinajstić information content (AvgIpc) is 2.77. The molecule has 7 heteroatoms. The number of hydrogen-bond acceptors (Lipinski definition) is 4. The van der Waals surface area contributed by atoms with Crippen LogP contribution in [0.5, 0.6) is 0 Å². The summed E-state index contributed by atoms with van der Waals surface area (Å²) in [5.41, 5.74) is 1.77. The number of non-ortho nitro benzene ring substituents is 1. The average molecular weight is 304 g/mol. The molecule has 1 heterocycles. The summed E-state index contributed by atoms with van der Waals surface area (Å²) in [5, 5.41) is 16.8. The van der Waals surface area contributed by atoms with E-state index >= 15 is 0 Å². The molecule has 1 atom stereocenters. The molecule has 0 saturated carbocycles. The smallest absolute Gasteiger partial charge is 0.271 e. The fourth-order valence-electron chi connectivity index (χ4n) is 2.24. The Bertz CT molecular complexity index is 748. The van der Waals surface area contributed by atoms with Gasteiger partial charge < -0.3 is 10.6 Å². The molecule has 0 spiro atoms. The number of nitro groups is 1. The molecule has 3 rings (SSSR count). The van der Waals surface area contributed by atoms with Crippen LogP contribution >= 0.6 is 11.6 Å². The Morgan fingerprint density at radius 3 is 2.76 bits per heavy atom. The van der Waals surface area contributed by atoms with Crippen LogP contribution in [-0.4, -0.2) is 10.8 Å². The third kappa shape index (κ3) is 2.41. The third-order valence-corrected chi connectivity index (χ3v) is 3.58. The molecule has 0 saturated heterocycles. The number of halogens is 1. The molecule has 1 amide bonds. The zero-order chi connectivity index (χ0) is 15.0. The summed E-state index contributed by atoms with van der Waals surface area (Å²) >= 11 is 6.04. The molecule has 1 aliphatic rings. The lowest BCUT2D eigenvalue weighted by molar-refractivity contribution is -0.384. The minimum absolute atomic E-state index is 0.0893. The number of carbonyl (C=O) groups is 1. The highest BCUT2D eigenvalue weighted by Gasteiger charge is 2.30. The molecule has 2 aromatic rings. The van der Waals surface area contributed by atoms with Crippen LogP contribution in [0.1, 0.15) is 11.6 Å². The van der Waals surface area contributed by atoms with Gasteiger partial charge in [-0.1, -0.05) is 29.8 Å². The topological polar surface area (TPSA) is 84.3 Å². The van der Waals surface area contributed by atoms with E-state index in [0.717, 1.165) is 11.3 Å². The van der Waals surface area contributed by atoms with Crippen LogP contribution in [-0.2, 0) is 4.79 Å². The summed E-state index contributed by atoms with van der Waals surface area (Å²) in [4.78, 5) is 22.3. The molecule has 0 aliphatic carbocycles. The van der Waals surface area contributed by atoms with Crippen LogP contribution in [0, 0.1) is 10.1 Å². The first-order valence-corrected chi connectivity index (χ1v) is 6.54. The number of para-hydroxylation sites is 1. The van der Waals surface area contributed by atoms with Crippen molar-refractivity contribution < 1.29 is 9.72 Å². The van der Waals surface area contributed by atoms with Gasteiger partial charge in [0.1, 0.15) is 6.04 Å². The van der Waals surface area contributed by atoms with Gasteiger partial charge in [0.2, 0.25) is 0 Å². The molecule has 0 bridgehead atoms. The van der Waals surface area contributed by atoms with E-state index in [1.165, 1.54) is 18.2 Å². The molecule has 0 fully saturated rings. The Kier molecular flexibility index (Phi) is 3.23. The first kappa shape index (κ1) is 13.4. The maximum absolute atomic E-state index is 12.0. The first-order chi connectivity index (χ1) is 10.1. The second-order valence-electron chi connectivity index (χ2n) is 4.58. The highest BCUT2D eigenvalue weighted by Crippen LogP contribution is 2.35. The van der Waals surface area contributed by atoms with E-state index in [-0.39, 0.29) is 11.6 Å². The summed E-state index contributed by atoms with van der Waals surface area (Å²) in [6.45, 7) is 0. The quantitative estimate of drug-likeness (QED) is 0.672. The third-order valence-electron chi connectivity index (χ3n) is 3.25. The van der Waals surface area contributed by atoms with E-state index in [2.05, 4.69) is 10.6 Å². The van der Waals surface area contributed by atoms with Crippen LogP contribution in [0.3, 0.4) is 0 Å². The van der Waals surface area contributed by atoms with E-state index < -0.39 is 11.0 Å². The molecule has 21 heavy (non-hydrogen) atoms. The first-order valence-electron chi connectivity index (χ1n) is 6.16. The number of fused-ring (bicyclic) bond motifs is 1. The maximum atomic E-state index is 12.0. The molecule has 1 aliphatic heterocycles. The number of anilines is 2. The fourth-order valence-corrected chi connectivity index (χ4v) is 2.42. The highest BCUT2D eigenvalue weighted by molar-refractivity contribution is 6.33. The SMILES string of the molecule is O=C1Nc2ccccc2C1Nc1cc([N+](=O)[O-])ccc1Cl. The summed E-state index contributed by atoms with van der Waals surface area (Å²) in [7, 11) is 0. The summed E-state index contributed by atoms with van der Waals surface area (Å²) < 4.78 is 0. The van der Waals surface area contributed by atoms with Gasteiger partial charge in [-0.2, -0.15) is 0 Å². The molecule has 2 aromatic carbocycles. The molecule has 106 valence electrons. The minimum atomic E-state index is -0.624. The lowest BCUT2D eigenvalue weighted by atomic mass is 10.1. The van der Waals surface area contributed by atoms with Gasteiger partial charge in [0.25, 0.3) is 11.6 Å². The van der Waals surface area contributed by atoms with Crippen molar-refractivity contribution in [3.05, 3.63) is 63.2 Å². The van der Waals surface area contributed by atoms with Crippen molar-refractivity contribution in [3.8, 4) is 0 Å². The summed E-state index contributed by atoms with van der Waals surface area (Å²) in [5.74, 6) is -0.223. The lowest BCUT2D eigenvalue weighted by Crippen LogP contribution is -2.19. The van der Waals surface area contributed by atoms with Crippen LogP contribution in [0.4, 0.5) is 17.1 Å². The van der Waals surface area contributed by atoms with Gasteiger partial charge in [-0.05, 0) is 12.1 Å². The predicted molar refractivity (Wildman–Crippen MR) is 79.5 cm³/mol. The van der Waals surface area contributed by atoms with E-state index in [1.54, 1.807) is 6.07 Å². The van der Waals surface area contributed by atoms with Gasteiger partial charge in [0.05, 0.1) is 15.6 Å². The zero-order valence-corrected chi connectivity index (χ0v) is 11.4. The Morgan fingerprint density at radius 2 is 2.00 bits per heavy atom. The molecular formula is C14H10ClN3O3. The highest BCUT2D eigenvalue weighted by atomic mass is 35.5. The van der Waals surface area contributed by atoms with Crippen molar-refractivity contribution in [2.24, 2.45) is 0 Å². The van der Waals surface area contributed by atoms with Crippen molar-refractivity contribution in [1.82, 2.24) is 0 Å². The normalized spacial score (nSPS) is 16.2. The van der Waals surface area contributed by atoms with Gasteiger partial charge in [0.15, 0.2) is 0 Å². The monoisotopic (exact) mass is 303 g/mol. The van der Waals surface area contributed by atoms with Gasteiger partial charge in [0, 0.05) is 23.4 Å². The molecule has 6 nitrogen and oxygen atoms in total. The maximum Gasteiger partial charge on any atom is 0.271 e. The number of benzene rings is 2. The molecule has 0 aromatic heterocycles. The van der Waals surface area contributed by atoms with Crippen LogP contribution in [0.25, 0.3) is 0 Å². The van der Waals surface area contributed by atoms with E-state index in [1.807, 2.05) is 18.2 Å². The summed E-state index contributed by atoms with van der Waals surface area (Å²) in [6, 6.07) is 10.7. The lowest BCUT2D eigenvalue weighted by Gasteiger charge is -2.14. The Labute approximate surface area is 124 Å². The van der Waals surface area contributed by atoms with Crippen LogP contribution < -0.4 is 10.6 Å². The number of amides is 1. The number of nitrogens with one attached hydrogen (secondary N) is 2. The van der Waals surface area contributed by atoms with E-state index in [4.69, 9.17) is 11.6 Å². The number of nitrogens with zero attached hydrogens (tertiary/aromatic N) is 1. The van der Waals surface area contributed by atoms with Gasteiger partial charge in [-0.3, -0.25) is 14.9 Å². The van der Waals surface area contributed by atoms with Gasteiger partial charge in [-0.25, -0.2) is 0 Å². The van der Waals surface area contributed by atoms with E-state index in [0.29, 0.717) is 10.7 Å². The number of rotatable bonds is 3. The van der Waals surface area contributed by atoms with Gasteiger partial charge in [-0.15, -0.1) is 0 Å². The van der Waals surface area contributed by atoms with Crippen molar-refractivity contribution in [3.63, 3.8) is 0 Å². The summed E-state index contributed by atoms with van der Waals surface area (Å²) in [6.07, 6.45) is 0. The Hall–Kier alpha value is -2.60. The number of carbonyl (C=O) groups excluding carboxylic acids is 1. The largest absolute Gasteiger partial charge is 0.369 e.